The van der Waals surface area contributed by atoms with Crippen LogP contribution >= 0.6 is 0 Å². The number of nitrogens with zero attached hydrogens (tertiary/aromatic N) is 3. The zero-order chi connectivity index (χ0) is 16.8. The minimum Gasteiger partial charge on any atom is -0.356 e. The topological polar surface area (TPSA) is 54.2 Å². The third-order valence-electron chi connectivity index (χ3n) is 4.55. The van der Waals surface area contributed by atoms with E-state index in [1.54, 1.807) is 25.4 Å². The molecule has 1 aromatic heterocycles. The van der Waals surface area contributed by atoms with Gasteiger partial charge in [0.2, 0.25) is 0 Å². The summed E-state index contributed by atoms with van der Waals surface area (Å²) < 4.78 is 15.5. The van der Waals surface area contributed by atoms with Gasteiger partial charge in [0, 0.05) is 44.5 Å². The zero-order valence-corrected chi connectivity index (χ0v) is 14.0. The number of aromatic nitrogens is 2. The van der Waals surface area contributed by atoms with E-state index in [4.69, 9.17) is 0 Å². The molecule has 0 aliphatic heterocycles. The van der Waals surface area contributed by atoms with Crippen LogP contribution in [0.3, 0.4) is 0 Å². The van der Waals surface area contributed by atoms with Crippen molar-refractivity contribution in [3.05, 3.63) is 54.4 Å². The number of rotatable bonds is 7. The molecule has 3 rings (SSSR count). The van der Waals surface area contributed by atoms with Crippen molar-refractivity contribution in [2.75, 3.05) is 20.1 Å². The first kappa shape index (κ1) is 16.5. The van der Waals surface area contributed by atoms with E-state index in [0.29, 0.717) is 0 Å². The molecule has 1 aliphatic carbocycles. The molecule has 0 bridgehead atoms. The number of guanidine groups is 1. The fourth-order valence-corrected chi connectivity index (χ4v) is 2.90. The highest BCUT2D eigenvalue weighted by molar-refractivity contribution is 5.79. The molecule has 0 unspecified atom stereocenters. The Balaban J connectivity index is 1.44. The van der Waals surface area contributed by atoms with Gasteiger partial charge in [0.1, 0.15) is 5.82 Å². The lowest BCUT2D eigenvalue weighted by Gasteiger charge is -2.19. The molecule has 2 aromatic rings. The van der Waals surface area contributed by atoms with Gasteiger partial charge in [-0.3, -0.25) is 4.99 Å². The van der Waals surface area contributed by atoms with E-state index in [2.05, 4.69) is 25.2 Å². The molecule has 128 valence electrons. The second-order valence-electron chi connectivity index (χ2n) is 6.30. The molecule has 1 heterocycles. The van der Waals surface area contributed by atoms with Gasteiger partial charge in [0.15, 0.2) is 5.96 Å². The van der Waals surface area contributed by atoms with Crippen molar-refractivity contribution in [2.45, 2.75) is 31.2 Å². The molecule has 1 aliphatic rings. The van der Waals surface area contributed by atoms with Crippen molar-refractivity contribution < 1.29 is 4.39 Å². The Morgan fingerprint density at radius 2 is 2.25 bits per heavy atom. The van der Waals surface area contributed by atoms with Crippen LogP contribution in [0.5, 0.6) is 0 Å². The lowest BCUT2D eigenvalue weighted by molar-refractivity contribution is 0.600. The normalized spacial score (nSPS) is 16.0. The van der Waals surface area contributed by atoms with E-state index < -0.39 is 0 Å². The maximum Gasteiger partial charge on any atom is 0.191 e. The molecule has 24 heavy (non-hydrogen) atoms. The van der Waals surface area contributed by atoms with E-state index in [1.165, 1.54) is 6.07 Å². The summed E-state index contributed by atoms with van der Waals surface area (Å²) in [7, 11) is 1.77. The van der Waals surface area contributed by atoms with Gasteiger partial charge in [-0.05, 0) is 37.0 Å². The summed E-state index contributed by atoms with van der Waals surface area (Å²) >= 11 is 0. The van der Waals surface area contributed by atoms with Gasteiger partial charge < -0.3 is 15.2 Å². The maximum absolute atomic E-state index is 13.4. The van der Waals surface area contributed by atoms with E-state index in [1.807, 2.05) is 18.6 Å². The number of aryl methyl sites for hydroxylation is 1. The molecule has 1 saturated carbocycles. The van der Waals surface area contributed by atoms with Crippen molar-refractivity contribution >= 4 is 5.96 Å². The molecule has 0 spiro atoms. The van der Waals surface area contributed by atoms with Crippen LogP contribution in [-0.2, 0) is 12.0 Å². The average molecular weight is 329 g/mol. The molecule has 0 atom stereocenters. The predicted octanol–water partition coefficient (Wildman–Crippen LogP) is 2.31. The lowest BCUT2D eigenvalue weighted by Crippen LogP contribution is -2.41. The largest absolute Gasteiger partial charge is 0.356 e. The molecular formula is C18H24FN5. The Morgan fingerprint density at radius 3 is 2.92 bits per heavy atom. The molecule has 0 saturated heterocycles. The van der Waals surface area contributed by atoms with E-state index in [9.17, 15) is 4.39 Å². The van der Waals surface area contributed by atoms with Crippen molar-refractivity contribution in [1.82, 2.24) is 20.2 Å². The molecule has 1 fully saturated rings. The average Bonchev–Trinajstić information content (AvgIpc) is 3.21. The molecule has 0 radical (unpaired) electrons. The highest BCUT2D eigenvalue weighted by Gasteiger charge is 2.44. The van der Waals surface area contributed by atoms with Gasteiger partial charge in [-0.2, -0.15) is 0 Å². The second kappa shape index (κ2) is 7.47. The summed E-state index contributed by atoms with van der Waals surface area (Å²) in [6.07, 6.45) is 8.73. The van der Waals surface area contributed by atoms with Gasteiger partial charge in [0.25, 0.3) is 0 Å². The van der Waals surface area contributed by atoms with Crippen LogP contribution in [0.4, 0.5) is 4.39 Å². The van der Waals surface area contributed by atoms with Crippen molar-refractivity contribution in [3.63, 3.8) is 0 Å². The van der Waals surface area contributed by atoms with Crippen molar-refractivity contribution in [3.8, 4) is 0 Å². The van der Waals surface area contributed by atoms with Crippen LogP contribution in [0.25, 0.3) is 0 Å². The number of hydrogen-bond acceptors (Lipinski definition) is 2. The second-order valence-corrected chi connectivity index (χ2v) is 6.30. The number of nitrogens with one attached hydrogen (secondary N) is 2. The molecule has 0 amide bonds. The van der Waals surface area contributed by atoms with E-state index >= 15 is 0 Å². The van der Waals surface area contributed by atoms with Gasteiger partial charge in [-0.25, -0.2) is 9.37 Å². The fourth-order valence-electron chi connectivity index (χ4n) is 2.90. The summed E-state index contributed by atoms with van der Waals surface area (Å²) in [6, 6.07) is 6.94. The fraction of sp³-hybridized carbons (Fsp3) is 0.444. The Labute approximate surface area is 142 Å². The molecule has 2 N–H and O–H groups in total. The zero-order valence-electron chi connectivity index (χ0n) is 14.0. The summed E-state index contributed by atoms with van der Waals surface area (Å²) in [5.41, 5.74) is 1.13. The first-order valence-corrected chi connectivity index (χ1v) is 8.38. The first-order valence-electron chi connectivity index (χ1n) is 8.38. The summed E-state index contributed by atoms with van der Waals surface area (Å²) in [6.45, 7) is 2.54. The highest BCUT2D eigenvalue weighted by atomic mass is 19.1. The van der Waals surface area contributed by atoms with Crippen LogP contribution in [-0.4, -0.2) is 35.6 Å². The van der Waals surface area contributed by atoms with Gasteiger partial charge in [-0.15, -0.1) is 0 Å². The smallest absolute Gasteiger partial charge is 0.191 e. The first-order chi connectivity index (χ1) is 11.7. The van der Waals surface area contributed by atoms with Crippen molar-refractivity contribution in [2.24, 2.45) is 4.99 Å². The summed E-state index contributed by atoms with van der Waals surface area (Å²) in [5.74, 6) is 0.629. The maximum atomic E-state index is 13.4. The van der Waals surface area contributed by atoms with Crippen LogP contribution in [0.15, 0.2) is 48.0 Å². The number of benzene rings is 1. The van der Waals surface area contributed by atoms with Crippen LogP contribution < -0.4 is 10.6 Å². The third-order valence-corrected chi connectivity index (χ3v) is 4.55. The van der Waals surface area contributed by atoms with Crippen LogP contribution in [0, 0.1) is 5.82 Å². The van der Waals surface area contributed by atoms with E-state index in [-0.39, 0.29) is 11.2 Å². The number of hydrogen-bond donors (Lipinski definition) is 2. The van der Waals surface area contributed by atoms with Crippen LogP contribution in [0.1, 0.15) is 24.8 Å². The Morgan fingerprint density at radius 1 is 1.38 bits per heavy atom. The molecule has 5 nitrogen and oxygen atoms in total. The van der Waals surface area contributed by atoms with Gasteiger partial charge in [0.05, 0.1) is 6.33 Å². The number of halogens is 1. The molecule has 6 heteroatoms. The number of imidazole rings is 1. The SMILES string of the molecule is CN=C(NCCCn1ccnc1)NCC1(c2cccc(F)c2)CC1. The lowest BCUT2D eigenvalue weighted by atomic mass is 9.96. The predicted molar refractivity (Wildman–Crippen MR) is 93.5 cm³/mol. The molecule has 1 aromatic carbocycles. The minimum absolute atomic E-state index is 0.0521. The molecular weight excluding hydrogens is 305 g/mol. The Kier molecular flexibility index (Phi) is 5.13. The monoisotopic (exact) mass is 329 g/mol. The van der Waals surface area contributed by atoms with Crippen molar-refractivity contribution in [1.29, 1.82) is 0 Å². The van der Waals surface area contributed by atoms with Gasteiger partial charge >= 0.3 is 0 Å². The highest BCUT2D eigenvalue weighted by Crippen LogP contribution is 2.47. The Bertz CT molecular complexity index is 676. The van der Waals surface area contributed by atoms with Crippen LogP contribution in [0.2, 0.25) is 0 Å². The number of aliphatic imine (C=N–C) groups is 1. The van der Waals surface area contributed by atoms with E-state index in [0.717, 1.165) is 50.4 Å². The Hall–Kier alpha value is -2.37. The quantitative estimate of drug-likeness (QED) is 0.466. The van der Waals surface area contributed by atoms with Gasteiger partial charge in [-0.1, -0.05) is 12.1 Å². The summed E-state index contributed by atoms with van der Waals surface area (Å²) in [5, 5.41) is 6.71. The minimum atomic E-state index is -0.166. The summed E-state index contributed by atoms with van der Waals surface area (Å²) in [4.78, 5) is 8.30. The standard InChI is InChI=1S/C18H24FN5/c1-20-17(22-8-3-10-24-11-9-21-14-24)23-13-18(6-7-18)15-4-2-5-16(19)12-15/h2,4-5,9,11-12,14H,3,6-8,10,13H2,1H3,(H2,20,22,23). The third kappa shape index (κ3) is 4.13.